The molecule has 0 saturated carbocycles. The Morgan fingerprint density at radius 2 is 1.90 bits per heavy atom. The van der Waals surface area contributed by atoms with Crippen molar-refractivity contribution in [1.82, 2.24) is 0 Å². The first-order chi connectivity index (χ1) is 9.90. The van der Waals surface area contributed by atoms with Crippen LogP contribution in [0, 0.1) is 5.92 Å². The van der Waals surface area contributed by atoms with Gasteiger partial charge in [-0.15, -0.1) is 11.3 Å². The van der Waals surface area contributed by atoms with Gasteiger partial charge < -0.3 is 15.9 Å². The van der Waals surface area contributed by atoms with Gasteiger partial charge in [0.25, 0.3) is 0 Å². The summed E-state index contributed by atoms with van der Waals surface area (Å²) >= 11 is 7.70. The second-order valence-electron chi connectivity index (χ2n) is 4.76. The van der Waals surface area contributed by atoms with Gasteiger partial charge in [-0.05, 0) is 18.9 Å². The van der Waals surface area contributed by atoms with E-state index in [-0.39, 0.29) is 12.8 Å². The number of aliphatic carboxylic acids is 2. The minimum atomic E-state index is -1.20. The van der Waals surface area contributed by atoms with Gasteiger partial charge >= 0.3 is 11.9 Å². The van der Waals surface area contributed by atoms with Crippen molar-refractivity contribution in [2.75, 3.05) is 0 Å². The first-order valence-corrected chi connectivity index (χ1v) is 7.46. The number of carboxylic acid groups (broad SMARTS) is 2. The fourth-order valence-electron chi connectivity index (χ4n) is 2.10. The quantitative estimate of drug-likeness (QED) is 0.757. The molecule has 0 unspecified atom stereocenters. The molecule has 0 saturated heterocycles. The van der Waals surface area contributed by atoms with E-state index in [0.717, 1.165) is 15.0 Å². The highest BCUT2D eigenvalue weighted by molar-refractivity contribution is 7.19. The lowest BCUT2D eigenvalue weighted by Gasteiger charge is -2.14. The maximum absolute atomic E-state index is 11.3. The van der Waals surface area contributed by atoms with Gasteiger partial charge in [0.1, 0.15) is 6.04 Å². The molecule has 0 bridgehead atoms. The van der Waals surface area contributed by atoms with Crippen LogP contribution < -0.4 is 5.73 Å². The maximum atomic E-state index is 11.3. The van der Waals surface area contributed by atoms with Gasteiger partial charge in [-0.3, -0.25) is 9.59 Å². The van der Waals surface area contributed by atoms with Crippen LogP contribution in [0.25, 0.3) is 10.1 Å². The van der Waals surface area contributed by atoms with Crippen LogP contribution in [-0.4, -0.2) is 28.2 Å². The number of rotatable bonds is 6. The highest BCUT2D eigenvalue weighted by atomic mass is 35.5. The first kappa shape index (κ1) is 15.8. The van der Waals surface area contributed by atoms with Gasteiger partial charge in [-0.2, -0.15) is 0 Å². The maximum Gasteiger partial charge on any atom is 0.320 e. The highest BCUT2D eigenvalue weighted by Crippen LogP contribution is 2.37. The van der Waals surface area contributed by atoms with Crippen molar-refractivity contribution in [3.8, 4) is 0 Å². The number of benzene rings is 1. The predicted molar refractivity (Wildman–Crippen MR) is 81.9 cm³/mol. The number of carboxylic acids is 2. The van der Waals surface area contributed by atoms with Crippen molar-refractivity contribution in [2.45, 2.75) is 18.9 Å². The van der Waals surface area contributed by atoms with E-state index < -0.39 is 23.9 Å². The van der Waals surface area contributed by atoms with Crippen LogP contribution in [0.4, 0.5) is 0 Å². The Kier molecular flexibility index (Phi) is 4.82. The monoisotopic (exact) mass is 327 g/mol. The summed E-state index contributed by atoms with van der Waals surface area (Å²) in [6.07, 6.45) is 0.0454. The first-order valence-electron chi connectivity index (χ1n) is 6.27. The molecule has 21 heavy (non-hydrogen) atoms. The zero-order valence-electron chi connectivity index (χ0n) is 11.0. The fourth-order valence-corrected chi connectivity index (χ4v) is 3.69. The molecule has 1 aromatic carbocycles. The topological polar surface area (TPSA) is 101 Å². The van der Waals surface area contributed by atoms with E-state index in [2.05, 4.69) is 0 Å². The van der Waals surface area contributed by atoms with Crippen LogP contribution in [0.2, 0.25) is 5.02 Å². The van der Waals surface area contributed by atoms with Gasteiger partial charge in [-0.1, -0.05) is 29.8 Å². The molecule has 7 heteroatoms. The molecule has 0 amide bonds. The number of carbonyl (C=O) groups is 2. The zero-order valence-corrected chi connectivity index (χ0v) is 12.5. The molecule has 5 nitrogen and oxygen atoms in total. The SMILES string of the molecule is N[C@H](C[C@H](Cc1sc2ccccc2c1Cl)C(=O)O)C(=O)O. The molecule has 0 aliphatic rings. The van der Waals surface area contributed by atoms with Crippen molar-refractivity contribution >= 4 is 45.0 Å². The number of fused-ring (bicyclic) bond motifs is 1. The molecular formula is C14H14ClNO4S. The lowest BCUT2D eigenvalue weighted by Crippen LogP contribution is -2.35. The Balaban J connectivity index is 2.25. The van der Waals surface area contributed by atoms with Crippen molar-refractivity contribution < 1.29 is 19.8 Å². The van der Waals surface area contributed by atoms with E-state index in [4.69, 9.17) is 22.4 Å². The van der Waals surface area contributed by atoms with E-state index in [0.29, 0.717) is 5.02 Å². The van der Waals surface area contributed by atoms with Gasteiger partial charge in [-0.25, -0.2) is 0 Å². The third-order valence-corrected chi connectivity index (χ3v) is 4.98. The molecule has 2 atom stereocenters. The van der Waals surface area contributed by atoms with Gasteiger partial charge in [0.05, 0.1) is 10.9 Å². The summed E-state index contributed by atoms with van der Waals surface area (Å²) in [4.78, 5) is 22.8. The Morgan fingerprint density at radius 3 is 2.48 bits per heavy atom. The Morgan fingerprint density at radius 1 is 1.24 bits per heavy atom. The van der Waals surface area contributed by atoms with Crippen molar-refractivity contribution in [3.05, 3.63) is 34.2 Å². The Bertz CT molecular complexity index is 685. The lowest BCUT2D eigenvalue weighted by atomic mass is 9.96. The van der Waals surface area contributed by atoms with E-state index in [1.54, 1.807) is 0 Å². The molecule has 0 fully saturated rings. The normalized spacial score (nSPS) is 14.0. The molecule has 112 valence electrons. The largest absolute Gasteiger partial charge is 0.481 e. The van der Waals surface area contributed by atoms with Crippen molar-refractivity contribution in [2.24, 2.45) is 11.7 Å². The molecule has 1 aromatic heterocycles. The molecule has 4 N–H and O–H groups in total. The molecular weight excluding hydrogens is 314 g/mol. The third kappa shape index (κ3) is 3.53. The summed E-state index contributed by atoms with van der Waals surface area (Å²) in [5.41, 5.74) is 5.43. The number of hydrogen-bond donors (Lipinski definition) is 3. The summed E-state index contributed by atoms with van der Waals surface area (Å²) in [6.45, 7) is 0. The van der Waals surface area contributed by atoms with Crippen LogP contribution in [-0.2, 0) is 16.0 Å². The molecule has 0 radical (unpaired) electrons. The highest BCUT2D eigenvalue weighted by Gasteiger charge is 2.26. The van der Waals surface area contributed by atoms with E-state index in [9.17, 15) is 14.7 Å². The van der Waals surface area contributed by atoms with Crippen LogP contribution in [0.15, 0.2) is 24.3 Å². The van der Waals surface area contributed by atoms with Crippen molar-refractivity contribution in [3.63, 3.8) is 0 Å². The second kappa shape index (κ2) is 6.43. The van der Waals surface area contributed by atoms with Gasteiger partial charge in [0, 0.05) is 15.0 Å². The van der Waals surface area contributed by atoms with Crippen LogP contribution >= 0.6 is 22.9 Å². The average Bonchev–Trinajstić information content (AvgIpc) is 2.75. The Hall–Kier alpha value is -1.63. The summed E-state index contributed by atoms with van der Waals surface area (Å²) in [6, 6.07) is 6.33. The number of halogens is 1. The fraction of sp³-hybridized carbons (Fsp3) is 0.286. The Labute approximate surface area is 129 Å². The zero-order chi connectivity index (χ0) is 15.6. The third-order valence-electron chi connectivity index (χ3n) is 3.24. The van der Waals surface area contributed by atoms with E-state index in [1.165, 1.54) is 11.3 Å². The lowest BCUT2D eigenvalue weighted by molar-refractivity contribution is -0.143. The summed E-state index contributed by atoms with van der Waals surface area (Å²) in [5, 5.41) is 19.5. The van der Waals surface area contributed by atoms with Gasteiger partial charge in [0.2, 0.25) is 0 Å². The smallest absolute Gasteiger partial charge is 0.320 e. The molecule has 0 spiro atoms. The summed E-state index contributed by atoms with van der Waals surface area (Å²) in [5.74, 6) is -3.15. The van der Waals surface area contributed by atoms with Crippen LogP contribution in [0.3, 0.4) is 0 Å². The number of thiophene rings is 1. The molecule has 2 aromatic rings. The molecule has 0 aliphatic carbocycles. The molecule has 2 rings (SSSR count). The van der Waals surface area contributed by atoms with Crippen molar-refractivity contribution in [1.29, 1.82) is 0 Å². The van der Waals surface area contributed by atoms with E-state index >= 15 is 0 Å². The summed E-state index contributed by atoms with van der Waals surface area (Å²) < 4.78 is 0.976. The minimum Gasteiger partial charge on any atom is -0.481 e. The van der Waals surface area contributed by atoms with Gasteiger partial charge in [0.15, 0.2) is 0 Å². The second-order valence-corrected chi connectivity index (χ2v) is 6.27. The number of nitrogens with two attached hydrogens (primary N) is 1. The standard InChI is InChI=1S/C14H14ClNO4S/c15-12-8-3-1-2-4-10(8)21-11(12)6-7(13(17)18)5-9(16)14(19)20/h1-4,7,9H,5-6,16H2,(H,17,18)(H,19,20)/t7-,9-/m1/s1. The van der Waals surface area contributed by atoms with Crippen LogP contribution in [0.5, 0.6) is 0 Å². The molecule has 1 heterocycles. The predicted octanol–water partition coefficient (Wildman–Crippen LogP) is 2.60. The minimum absolute atomic E-state index is 0.130. The van der Waals surface area contributed by atoms with Crippen LogP contribution in [0.1, 0.15) is 11.3 Å². The summed E-state index contributed by atoms with van der Waals surface area (Å²) in [7, 11) is 0. The van der Waals surface area contributed by atoms with E-state index in [1.807, 2.05) is 24.3 Å². The molecule has 0 aliphatic heterocycles. The number of hydrogen-bond acceptors (Lipinski definition) is 4. The average molecular weight is 328 g/mol.